The van der Waals surface area contributed by atoms with Crippen LogP contribution >= 0.6 is 12.4 Å². The molecule has 5 heteroatoms. The second-order valence-corrected chi connectivity index (χ2v) is 4.61. The molecule has 0 saturated heterocycles. The summed E-state index contributed by atoms with van der Waals surface area (Å²) in [5.41, 5.74) is 5.80. The highest BCUT2D eigenvalue weighted by molar-refractivity contribution is 5.85. The predicted molar refractivity (Wildman–Crippen MR) is 78.1 cm³/mol. The summed E-state index contributed by atoms with van der Waals surface area (Å²) in [7, 11) is 0. The molecule has 0 aromatic rings. The van der Waals surface area contributed by atoms with Crippen molar-refractivity contribution in [2.24, 2.45) is 5.73 Å². The monoisotopic (exact) mass is 280 g/mol. The number of rotatable bonds is 10. The molecule has 0 aromatic heterocycles. The van der Waals surface area contributed by atoms with Gasteiger partial charge < -0.3 is 15.8 Å². The highest BCUT2D eigenvalue weighted by Crippen LogP contribution is 2.09. The molecule has 0 unspecified atom stereocenters. The Morgan fingerprint density at radius 1 is 1.22 bits per heavy atom. The summed E-state index contributed by atoms with van der Waals surface area (Å²) in [6, 6.07) is 0. The van der Waals surface area contributed by atoms with Gasteiger partial charge in [-0.1, -0.05) is 33.6 Å². The molecule has 3 N–H and O–H groups in total. The van der Waals surface area contributed by atoms with E-state index in [1.54, 1.807) is 0 Å². The zero-order valence-electron chi connectivity index (χ0n) is 12.0. The van der Waals surface area contributed by atoms with E-state index in [-0.39, 0.29) is 30.5 Å². The number of carbonyl (C=O) groups excluding carboxylic acids is 1. The van der Waals surface area contributed by atoms with Crippen LogP contribution in [0.25, 0.3) is 0 Å². The summed E-state index contributed by atoms with van der Waals surface area (Å²) in [4.78, 5) is 11.5. The first-order chi connectivity index (χ1) is 8.08. The Bertz CT molecular complexity index is 209. The Balaban J connectivity index is 0. The van der Waals surface area contributed by atoms with Gasteiger partial charge in [-0.25, -0.2) is 0 Å². The topological polar surface area (TPSA) is 64.3 Å². The van der Waals surface area contributed by atoms with Gasteiger partial charge in [-0.2, -0.15) is 0 Å². The fourth-order valence-corrected chi connectivity index (χ4v) is 1.44. The summed E-state index contributed by atoms with van der Waals surface area (Å²) >= 11 is 0. The predicted octanol–water partition coefficient (Wildman–Crippen LogP) is 2.25. The first-order valence-electron chi connectivity index (χ1n) is 6.71. The van der Waals surface area contributed by atoms with Crippen molar-refractivity contribution in [3.63, 3.8) is 0 Å². The second-order valence-electron chi connectivity index (χ2n) is 4.61. The molecule has 0 aromatic carbocycles. The molecular weight excluding hydrogens is 252 g/mol. The zero-order valence-corrected chi connectivity index (χ0v) is 12.8. The van der Waals surface area contributed by atoms with Crippen molar-refractivity contribution in [3.05, 3.63) is 0 Å². The quantitative estimate of drug-likeness (QED) is 0.603. The second kappa shape index (κ2) is 11.8. The average Bonchev–Trinajstić information content (AvgIpc) is 2.35. The number of halogens is 1. The van der Waals surface area contributed by atoms with Crippen LogP contribution in [-0.4, -0.2) is 31.2 Å². The van der Waals surface area contributed by atoms with E-state index in [1.165, 1.54) is 0 Å². The van der Waals surface area contributed by atoms with E-state index in [0.29, 0.717) is 13.2 Å². The fraction of sp³-hybridized carbons (Fsp3) is 0.923. The maximum atomic E-state index is 11.5. The number of unbranched alkanes of at least 4 members (excludes halogenated alkanes) is 2. The van der Waals surface area contributed by atoms with Crippen molar-refractivity contribution < 1.29 is 9.53 Å². The number of hydrogen-bond donors (Lipinski definition) is 2. The Kier molecular flexibility index (Phi) is 13.1. The number of ether oxygens (including phenoxy) is 1. The van der Waals surface area contributed by atoms with Crippen LogP contribution in [0.5, 0.6) is 0 Å². The van der Waals surface area contributed by atoms with Crippen LogP contribution in [0.3, 0.4) is 0 Å². The minimum atomic E-state index is -0.280. The van der Waals surface area contributed by atoms with Gasteiger partial charge >= 0.3 is 0 Å². The number of hydrogen-bond acceptors (Lipinski definition) is 3. The van der Waals surface area contributed by atoms with Gasteiger partial charge in [0.2, 0.25) is 5.91 Å². The molecule has 0 fully saturated rings. The third kappa shape index (κ3) is 9.68. The van der Waals surface area contributed by atoms with Crippen LogP contribution in [0.15, 0.2) is 0 Å². The Morgan fingerprint density at radius 2 is 1.83 bits per heavy atom. The molecule has 1 amide bonds. The number of carbonyl (C=O) groups is 1. The minimum absolute atomic E-state index is 0. The number of amides is 1. The van der Waals surface area contributed by atoms with E-state index in [0.717, 1.165) is 32.1 Å². The molecule has 0 rings (SSSR count). The lowest BCUT2D eigenvalue weighted by molar-refractivity contribution is -0.126. The standard InChI is InChI=1S/C13H28N2O2.ClH/c1-4-7-8-9-17-10-12(16)15-11-13(14,5-2)6-3;/h4-11,14H2,1-3H3,(H,15,16);1H. The van der Waals surface area contributed by atoms with Crippen LogP contribution < -0.4 is 11.1 Å². The molecule has 0 aliphatic rings. The van der Waals surface area contributed by atoms with Crippen LogP contribution in [0.4, 0.5) is 0 Å². The van der Waals surface area contributed by atoms with Crippen LogP contribution in [0.1, 0.15) is 52.9 Å². The van der Waals surface area contributed by atoms with Gasteiger partial charge in [-0.05, 0) is 19.3 Å². The number of nitrogens with two attached hydrogens (primary N) is 1. The third-order valence-electron chi connectivity index (χ3n) is 3.17. The summed E-state index contributed by atoms with van der Waals surface area (Å²) in [5.74, 6) is -0.0711. The molecule has 0 aliphatic heterocycles. The lowest BCUT2D eigenvalue weighted by Gasteiger charge is -2.26. The van der Waals surface area contributed by atoms with E-state index in [4.69, 9.17) is 10.5 Å². The van der Waals surface area contributed by atoms with Crippen LogP contribution in [-0.2, 0) is 9.53 Å². The molecule has 0 aliphatic carbocycles. The Morgan fingerprint density at radius 3 is 2.33 bits per heavy atom. The molecular formula is C13H29ClN2O2. The van der Waals surface area contributed by atoms with E-state index in [9.17, 15) is 4.79 Å². The largest absolute Gasteiger partial charge is 0.372 e. The van der Waals surface area contributed by atoms with Gasteiger partial charge in [0.25, 0.3) is 0 Å². The van der Waals surface area contributed by atoms with Crippen molar-refractivity contribution in [1.82, 2.24) is 5.32 Å². The molecule has 4 nitrogen and oxygen atoms in total. The first-order valence-corrected chi connectivity index (χ1v) is 6.71. The highest BCUT2D eigenvalue weighted by atomic mass is 35.5. The van der Waals surface area contributed by atoms with E-state index < -0.39 is 0 Å². The zero-order chi connectivity index (χ0) is 13.1. The van der Waals surface area contributed by atoms with Gasteiger partial charge in [-0.3, -0.25) is 4.79 Å². The van der Waals surface area contributed by atoms with Gasteiger partial charge in [0.1, 0.15) is 6.61 Å². The van der Waals surface area contributed by atoms with Gasteiger partial charge in [0.05, 0.1) is 0 Å². The maximum absolute atomic E-state index is 11.5. The SMILES string of the molecule is CCCCCOCC(=O)NCC(N)(CC)CC.Cl. The Labute approximate surface area is 117 Å². The molecule has 0 saturated carbocycles. The summed E-state index contributed by atoms with van der Waals surface area (Å²) in [5, 5.41) is 2.83. The minimum Gasteiger partial charge on any atom is -0.372 e. The van der Waals surface area contributed by atoms with Crippen molar-refractivity contribution >= 4 is 18.3 Å². The van der Waals surface area contributed by atoms with E-state index in [2.05, 4.69) is 12.2 Å². The van der Waals surface area contributed by atoms with Gasteiger partial charge in [-0.15, -0.1) is 12.4 Å². The fourth-order valence-electron chi connectivity index (χ4n) is 1.44. The molecule has 0 bridgehead atoms. The molecule has 110 valence electrons. The highest BCUT2D eigenvalue weighted by Gasteiger charge is 2.20. The lowest BCUT2D eigenvalue weighted by atomic mass is 9.94. The van der Waals surface area contributed by atoms with E-state index in [1.807, 2.05) is 13.8 Å². The van der Waals surface area contributed by atoms with Crippen molar-refractivity contribution in [1.29, 1.82) is 0 Å². The maximum Gasteiger partial charge on any atom is 0.246 e. The molecule has 0 radical (unpaired) electrons. The van der Waals surface area contributed by atoms with Crippen LogP contribution in [0, 0.1) is 0 Å². The smallest absolute Gasteiger partial charge is 0.246 e. The summed E-state index contributed by atoms with van der Waals surface area (Å²) in [6.45, 7) is 7.55. The third-order valence-corrected chi connectivity index (χ3v) is 3.17. The van der Waals surface area contributed by atoms with Crippen molar-refractivity contribution in [2.75, 3.05) is 19.8 Å². The van der Waals surface area contributed by atoms with Crippen LogP contribution in [0.2, 0.25) is 0 Å². The van der Waals surface area contributed by atoms with E-state index >= 15 is 0 Å². The molecule has 18 heavy (non-hydrogen) atoms. The average molecular weight is 281 g/mol. The van der Waals surface area contributed by atoms with Gasteiger partial charge in [0, 0.05) is 18.7 Å². The van der Waals surface area contributed by atoms with Crippen molar-refractivity contribution in [3.8, 4) is 0 Å². The Hall–Kier alpha value is -0.320. The molecule has 0 spiro atoms. The summed E-state index contributed by atoms with van der Waals surface area (Å²) < 4.78 is 5.28. The normalized spacial score (nSPS) is 10.9. The van der Waals surface area contributed by atoms with Gasteiger partial charge in [0.15, 0.2) is 0 Å². The lowest BCUT2D eigenvalue weighted by Crippen LogP contribution is -2.49. The molecule has 0 heterocycles. The van der Waals surface area contributed by atoms with Crippen molar-refractivity contribution in [2.45, 2.75) is 58.4 Å². The number of nitrogens with one attached hydrogen (secondary N) is 1. The first kappa shape index (κ1) is 20.0. The molecule has 0 atom stereocenters. The summed E-state index contributed by atoms with van der Waals surface area (Å²) in [6.07, 6.45) is 5.06.